The van der Waals surface area contributed by atoms with Crippen molar-refractivity contribution >= 4 is 22.5 Å². The second-order valence-corrected chi connectivity index (χ2v) is 9.28. The largest absolute Gasteiger partial charge is 0.416 e. The summed E-state index contributed by atoms with van der Waals surface area (Å²) in [5.41, 5.74) is 1.03. The van der Waals surface area contributed by atoms with Crippen molar-refractivity contribution in [2.45, 2.75) is 56.9 Å². The lowest BCUT2D eigenvalue weighted by molar-refractivity contribution is -0.137. The molecule has 2 saturated heterocycles. The quantitative estimate of drug-likeness (QED) is 0.497. The van der Waals surface area contributed by atoms with Crippen LogP contribution in [0.4, 0.5) is 23.2 Å². The molecule has 5 rings (SSSR count). The number of benzene rings is 2. The number of hydrogen-bond acceptors (Lipinski definition) is 2. The molecule has 3 aromatic rings. The van der Waals surface area contributed by atoms with E-state index in [4.69, 9.17) is 0 Å². The maximum Gasteiger partial charge on any atom is 0.416 e. The van der Waals surface area contributed by atoms with E-state index in [9.17, 15) is 22.4 Å². The van der Waals surface area contributed by atoms with Crippen molar-refractivity contribution in [2.75, 3.05) is 11.4 Å². The molecule has 0 unspecified atom stereocenters. The number of amides is 1. The molecule has 33 heavy (non-hydrogen) atoms. The number of carbonyl (C=O) groups is 1. The van der Waals surface area contributed by atoms with E-state index >= 15 is 0 Å². The highest BCUT2D eigenvalue weighted by Gasteiger charge is 2.49. The Morgan fingerprint density at radius 3 is 2.70 bits per heavy atom. The number of carbonyl (C=O) groups excluding carboxylic acids is 1. The molecule has 4 nitrogen and oxygen atoms in total. The minimum Gasteiger partial charge on any atom is -0.361 e. The SMILES string of the molecule is C[C@@H]1C[C@]2(CCC(=O)N2c2cccc(F)c2)CCN1Cc1c[nH]c2cc(C(F)(F)F)ccc12. The van der Waals surface area contributed by atoms with Crippen molar-refractivity contribution in [2.24, 2.45) is 0 Å². The molecule has 2 aliphatic rings. The van der Waals surface area contributed by atoms with Gasteiger partial charge in [-0.25, -0.2) is 4.39 Å². The molecule has 2 atom stereocenters. The number of piperidine rings is 1. The van der Waals surface area contributed by atoms with E-state index in [1.54, 1.807) is 23.2 Å². The number of aromatic nitrogens is 1. The van der Waals surface area contributed by atoms with Crippen molar-refractivity contribution in [1.29, 1.82) is 0 Å². The highest BCUT2D eigenvalue weighted by Crippen LogP contribution is 2.44. The van der Waals surface area contributed by atoms with Crippen LogP contribution < -0.4 is 4.90 Å². The Hall–Kier alpha value is -2.87. The summed E-state index contributed by atoms with van der Waals surface area (Å²) in [6.07, 6.45) is 0.124. The Bertz CT molecular complexity index is 1200. The minimum absolute atomic E-state index is 0.0262. The zero-order valence-corrected chi connectivity index (χ0v) is 18.3. The Kier molecular flexibility index (Phi) is 5.23. The number of nitrogens with one attached hydrogen (secondary N) is 1. The summed E-state index contributed by atoms with van der Waals surface area (Å²) < 4.78 is 52.9. The number of nitrogens with zero attached hydrogens (tertiary/aromatic N) is 2. The zero-order chi connectivity index (χ0) is 23.4. The standard InChI is InChI=1S/C25H25F4N3O/c1-16-13-24(8-7-23(33)32(24)20-4-2-3-19(26)12-20)9-10-31(16)15-17-14-30-22-11-18(25(27,28)29)5-6-21(17)22/h2-6,11-12,14,16,30H,7-10,13,15H2,1H3/t16-,24+/m1/s1. The van der Waals surface area contributed by atoms with Gasteiger partial charge < -0.3 is 9.88 Å². The van der Waals surface area contributed by atoms with E-state index in [2.05, 4.69) is 16.8 Å². The first kappa shape index (κ1) is 21.9. The number of likely N-dealkylation sites (tertiary alicyclic amines) is 1. The lowest BCUT2D eigenvalue weighted by Crippen LogP contribution is -2.56. The molecule has 2 aliphatic heterocycles. The third kappa shape index (κ3) is 3.90. The Morgan fingerprint density at radius 1 is 1.15 bits per heavy atom. The molecule has 1 spiro atoms. The second-order valence-electron chi connectivity index (χ2n) is 9.28. The third-order valence-corrected chi connectivity index (χ3v) is 7.23. The van der Waals surface area contributed by atoms with Gasteiger partial charge in [-0.3, -0.25) is 9.69 Å². The Morgan fingerprint density at radius 2 is 1.97 bits per heavy atom. The van der Waals surface area contributed by atoms with Crippen LogP contribution in [0.15, 0.2) is 48.7 Å². The molecule has 3 heterocycles. The smallest absolute Gasteiger partial charge is 0.361 e. The molecule has 0 radical (unpaired) electrons. The maximum atomic E-state index is 13.9. The van der Waals surface area contributed by atoms with Gasteiger partial charge in [0, 0.05) is 48.3 Å². The van der Waals surface area contributed by atoms with Crippen molar-refractivity contribution in [1.82, 2.24) is 9.88 Å². The first-order chi connectivity index (χ1) is 15.7. The van der Waals surface area contributed by atoms with Gasteiger partial charge in [-0.1, -0.05) is 12.1 Å². The predicted octanol–water partition coefficient (Wildman–Crippen LogP) is 5.88. The Labute approximate surface area is 189 Å². The molecule has 8 heteroatoms. The zero-order valence-electron chi connectivity index (χ0n) is 18.3. The molecule has 0 saturated carbocycles. The average molecular weight is 459 g/mol. The summed E-state index contributed by atoms with van der Waals surface area (Å²) in [6.45, 7) is 3.47. The number of aromatic amines is 1. The lowest BCUT2D eigenvalue weighted by Gasteiger charge is -2.48. The summed E-state index contributed by atoms with van der Waals surface area (Å²) >= 11 is 0. The number of halogens is 4. The molecule has 2 aromatic carbocycles. The summed E-state index contributed by atoms with van der Waals surface area (Å²) in [5.74, 6) is -0.334. The van der Waals surface area contributed by atoms with Crippen LogP contribution >= 0.6 is 0 Å². The fraction of sp³-hybridized carbons (Fsp3) is 0.400. The normalized spacial score (nSPS) is 24.3. The monoisotopic (exact) mass is 459 g/mol. The maximum absolute atomic E-state index is 13.9. The van der Waals surface area contributed by atoms with Crippen LogP contribution in [0.3, 0.4) is 0 Å². The van der Waals surface area contributed by atoms with Crippen LogP contribution in [0.25, 0.3) is 10.9 Å². The van der Waals surface area contributed by atoms with Gasteiger partial charge in [-0.2, -0.15) is 13.2 Å². The Balaban J connectivity index is 1.35. The first-order valence-corrected chi connectivity index (χ1v) is 11.2. The number of rotatable bonds is 3. The van der Waals surface area contributed by atoms with Crippen LogP contribution in [0.5, 0.6) is 0 Å². The lowest BCUT2D eigenvalue weighted by atomic mass is 9.81. The van der Waals surface area contributed by atoms with E-state index in [0.717, 1.165) is 48.9 Å². The molecule has 2 fully saturated rings. The highest BCUT2D eigenvalue weighted by atomic mass is 19.4. The van der Waals surface area contributed by atoms with Gasteiger partial charge in [-0.05, 0) is 62.1 Å². The molecule has 0 aliphatic carbocycles. The van der Waals surface area contributed by atoms with Gasteiger partial charge in [-0.15, -0.1) is 0 Å². The molecule has 0 bridgehead atoms. The third-order valence-electron chi connectivity index (χ3n) is 7.23. The first-order valence-electron chi connectivity index (χ1n) is 11.2. The van der Waals surface area contributed by atoms with Crippen molar-refractivity contribution in [3.05, 3.63) is 65.6 Å². The summed E-state index contributed by atoms with van der Waals surface area (Å²) in [7, 11) is 0. The second kappa shape index (κ2) is 7.87. The van der Waals surface area contributed by atoms with E-state index in [-0.39, 0.29) is 23.3 Å². The summed E-state index contributed by atoms with van der Waals surface area (Å²) in [6, 6.07) is 10.2. The topological polar surface area (TPSA) is 39.3 Å². The van der Waals surface area contributed by atoms with Gasteiger partial charge >= 0.3 is 6.18 Å². The van der Waals surface area contributed by atoms with E-state index in [0.29, 0.717) is 24.2 Å². The molecule has 174 valence electrons. The van der Waals surface area contributed by atoms with Crippen molar-refractivity contribution in [3.63, 3.8) is 0 Å². The van der Waals surface area contributed by atoms with Crippen LogP contribution in [-0.4, -0.2) is 33.9 Å². The number of anilines is 1. The van der Waals surface area contributed by atoms with Gasteiger partial charge in [0.2, 0.25) is 5.91 Å². The molecular weight excluding hydrogens is 434 g/mol. The van der Waals surface area contributed by atoms with Crippen molar-refractivity contribution < 1.29 is 22.4 Å². The van der Waals surface area contributed by atoms with Crippen LogP contribution in [0.2, 0.25) is 0 Å². The van der Waals surface area contributed by atoms with Crippen molar-refractivity contribution in [3.8, 4) is 0 Å². The minimum atomic E-state index is -4.37. The molecule has 1 N–H and O–H groups in total. The number of hydrogen-bond donors (Lipinski definition) is 1. The average Bonchev–Trinajstić information content (AvgIpc) is 3.30. The summed E-state index contributed by atoms with van der Waals surface area (Å²) in [5, 5.41) is 0.785. The number of fused-ring (bicyclic) bond motifs is 1. The van der Waals surface area contributed by atoms with E-state index in [1.807, 2.05) is 0 Å². The van der Waals surface area contributed by atoms with Crippen LogP contribution in [-0.2, 0) is 17.5 Å². The number of alkyl halides is 3. The fourth-order valence-corrected chi connectivity index (χ4v) is 5.59. The number of H-pyrrole nitrogens is 1. The highest BCUT2D eigenvalue weighted by molar-refractivity contribution is 5.97. The fourth-order valence-electron chi connectivity index (χ4n) is 5.59. The molecule has 1 aromatic heterocycles. The summed E-state index contributed by atoms with van der Waals surface area (Å²) in [4.78, 5) is 19.8. The van der Waals surface area contributed by atoms with E-state index in [1.165, 1.54) is 18.2 Å². The van der Waals surface area contributed by atoms with Crippen LogP contribution in [0, 0.1) is 5.82 Å². The predicted molar refractivity (Wildman–Crippen MR) is 118 cm³/mol. The molecule has 1 amide bonds. The van der Waals surface area contributed by atoms with Gasteiger partial charge in [0.1, 0.15) is 5.82 Å². The van der Waals surface area contributed by atoms with Gasteiger partial charge in [0.15, 0.2) is 0 Å². The van der Waals surface area contributed by atoms with Gasteiger partial charge in [0.05, 0.1) is 11.1 Å². The van der Waals surface area contributed by atoms with Crippen LogP contribution in [0.1, 0.15) is 43.7 Å². The molecular formula is C25H25F4N3O. The van der Waals surface area contributed by atoms with Gasteiger partial charge in [0.25, 0.3) is 0 Å². The van der Waals surface area contributed by atoms with E-state index < -0.39 is 11.7 Å².